The Morgan fingerprint density at radius 2 is 1.50 bits per heavy atom. The molecule has 0 aliphatic heterocycles. The highest BCUT2D eigenvalue weighted by molar-refractivity contribution is 5.58. The molecule has 0 bridgehead atoms. The third kappa shape index (κ3) is 16.4. The molecule has 0 amide bonds. The number of hydrogen-bond acceptors (Lipinski definition) is 1. The Labute approximate surface area is 214 Å². The van der Waals surface area contributed by atoms with E-state index in [1.165, 1.54) is 31.4 Å². The Morgan fingerprint density at radius 1 is 0.882 bits per heavy atom. The first-order valence-corrected chi connectivity index (χ1v) is 13.1. The highest BCUT2D eigenvalue weighted by Crippen LogP contribution is 2.27. The fourth-order valence-corrected chi connectivity index (χ4v) is 2.95. The molecule has 0 atom stereocenters. The van der Waals surface area contributed by atoms with Gasteiger partial charge in [0.05, 0.1) is 0 Å². The largest absolute Gasteiger partial charge is 0.348 e. The third-order valence-electron chi connectivity index (χ3n) is 6.30. The van der Waals surface area contributed by atoms with Gasteiger partial charge < -0.3 is 4.90 Å². The van der Waals surface area contributed by atoms with Crippen molar-refractivity contribution in [2.24, 2.45) is 10.8 Å². The number of hydrogen-bond donors (Lipinski definition) is 0. The van der Waals surface area contributed by atoms with E-state index < -0.39 is 0 Å². The summed E-state index contributed by atoms with van der Waals surface area (Å²) in [4.78, 5) is 2.30. The molecule has 1 nitrogen and oxygen atoms in total. The number of nitrogens with zero attached hydrogens (tertiary/aromatic N) is 1. The van der Waals surface area contributed by atoms with Crippen molar-refractivity contribution in [2.75, 3.05) is 11.4 Å². The minimum Gasteiger partial charge on any atom is -0.348 e. The SMILES string of the molecule is C/C=C\CC(C)(C)CC.C=CC.C=Cc1cccc(N(/C=C/C)CC/C=C/C(C)(CC)CC)c1. The van der Waals surface area contributed by atoms with Crippen LogP contribution >= 0.6 is 0 Å². The lowest BCUT2D eigenvalue weighted by Crippen LogP contribution is -2.17. The fourth-order valence-electron chi connectivity index (χ4n) is 2.95. The Balaban J connectivity index is 0. The Kier molecular flexibility index (Phi) is 20.1. The lowest BCUT2D eigenvalue weighted by molar-refractivity contribution is 0.357. The van der Waals surface area contributed by atoms with Crippen molar-refractivity contribution in [1.82, 2.24) is 0 Å². The minimum atomic E-state index is 0.341. The summed E-state index contributed by atoms with van der Waals surface area (Å²) >= 11 is 0. The maximum Gasteiger partial charge on any atom is 0.0412 e. The number of rotatable bonds is 12. The number of allylic oxidation sites excluding steroid dienone is 5. The molecular weight excluding hydrogens is 410 g/mol. The second-order valence-corrected chi connectivity index (χ2v) is 9.73. The molecule has 0 saturated carbocycles. The molecule has 0 radical (unpaired) electrons. The van der Waals surface area contributed by atoms with Crippen LogP contribution in [0.15, 0.2) is 80.1 Å². The molecule has 0 heterocycles. The van der Waals surface area contributed by atoms with Gasteiger partial charge in [0.1, 0.15) is 0 Å². The minimum absolute atomic E-state index is 0.341. The molecule has 0 fully saturated rings. The average molecular weight is 466 g/mol. The van der Waals surface area contributed by atoms with Crippen LogP contribution in [0.25, 0.3) is 6.08 Å². The molecule has 0 N–H and O–H groups in total. The monoisotopic (exact) mass is 465 g/mol. The summed E-state index contributed by atoms with van der Waals surface area (Å²) in [6, 6.07) is 8.50. The molecule has 0 aromatic heterocycles. The van der Waals surface area contributed by atoms with E-state index in [1.54, 1.807) is 6.08 Å². The summed E-state index contributed by atoms with van der Waals surface area (Å²) in [7, 11) is 0. The summed E-state index contributed by atoms with van der Waals surface area (Å²) < 4.78 is 0. The smallest absolute Gasteiger partial charge is 0.0412 e. The van der Waals surface area contributed by atoms with E-state index in [1.807, 2.05) is 13.0 Å². The van der Waals surface area contributed by atoms with E-state index >= 15 is 0 Å². The molecule has 192 valence electrons. The molecule has 1 aromatic carbocycles. The summed E-state index contributed by atoms with van der Waals surface area (Å²) in [5.41, 5.74) is 3.23. The number of benzene rings is 1. The molecule has 0 spiro atoms. The van der Waals surface area contributed by atoms with Crippen LogP contribution in [0.3, 0.4) is 0 Å². The Morgan fingerprint density at radius 3 is 1.97 bits per heavy atom. The van der Waals surface area contributed by atoms with Crippen molar-refractivity contribution in [3.63, 3.8) is 0 Å². The van der Waals surface area contributed by atoms with E-state index in [9.17, 15) is 0 Å². The van der Waals surface area contributed by atoms with Crippen LogP contribution < -0.4 is 4.90 Å². The van der Waals surface area contributed by atoms with Gasteiger partial charge in [-0.3, -0.25) is 0 Å². The maximum absolute atomic E-state index is 3.85. The zero-order valence-electron chi connectivity index (χ0n) is 24.0. The van der Waals surface area contributed by atoms with Gasteiger partial charge in [0, 0.05) is 12.2 Å². The van der Waals surface area contributed by atoms with E-state index in [0.29, 0.717) is 10.8 Å². The van der Waals surface area contributed by atoms with Crippen LogP contribution in [-0.4, -0.2) is 6.54 Å². The number of anilines is 1. The van der Waals surface area contributed by atoms with Crippen molar-refractivity contribution >= 4 is 11.8 Å². The van der Waals surface area contributed by atoms with E-state index in [2.05, 4.69) is 134 Å². The van der Waals surface area contributed by atoms with Gasteiger partial charge in [-0.2, -0.15) is 0 Å². The summed E-state index contributed by atoms with van der Waals surface area (Å²) in [6.45, 7) is 27.9. The van der Waals surface area contributed by atoms with Crippen LogP contribution in [0.5, 0.6) is 0 Å². The highest BCUT2D eigenvalue weighted by Gasteiger charge is 2.14. The quantitative estimate of drug-likeness (QED) is 0.277. The van der Waals surface area contributed by atoms with E-state index in [-0.39, 0.29) is 0 Å². The molecule has 0 aliphatic carbocycles. The Hall–Kier alpha value is -2.28. The first-order valence-electron chi connectivity index (χ1n) is 13.1. The van der Waals surface area contributed by atoms with Gasteiger partial charge in [0.2, 0.25) is 0 Å². The predicted octanol–water partition coefficient (Wildman–Crippen LogP) is 11.0. The molecule has 0 aliphatic rings. The van der Waals surface area contributed by atoms with Crippen LogP contribution in [0.4, 0.5) is 5.69 Å². The molecule has 1 rings (SSSR count). The topological polar surface area (TPSA) is 3.24 Å². The summed E-state index contributed by atoms with van der Waals surface area (Å²) in [5, 5.41) is 0. The van der Waals surface area contributed by atoms with Gasteiger partial charge in [0.25, 0.3) is 0 Å². The van der Waals surface area contributed by atoms with Crippen LogP contribution in [-0.2, 0) is 0 Å². The standard InChI is InChI=1S/C21H31N.C9H18.C3H6/c1-6-16-22(20-14-12-13-19(7-2)18-20)17-11-10-15-21(5,8-3)9-4;1-5-7-8-9(3,4)6-2;1-3-2/h6-7,10,12-16,18H,2,8-9,11,17H2,1,3-5H3;5,7H,6,8H2,1-4H3;3H,1H2,2H3/b15-10+,16-6+;7-5-;. The van der Waals surface area contributed by atoms with Gasteiger partial charge in [-0.1, -0.05) is 109 Å². The second kappa shape index (κ2) is 20.1. The lowest BCUT2D eigenvalue weighted by atomic mass is 9.84. The van der Waals surface area contributed by atoms with Crippen LogP contribution in [0, 0.1) is 10.8 Å². The van der Waals surface area contributed by atoms with Gasteiger partial charge in [0.15, 0.2) is 0 Å². The fraction of sp³-hybridized carbons (Fsp3) is 0.515. The second-order valence-electron chi connectivity index (χ2n) is 9.73. The van der Waals surface area contributed by atoms with Crippen molar-refractivity contribution < 1.29 is 0 Å². The van der Waals surface area contributed by atoms with Gasteiger partial charge in [-0.15, -0.1) is 6.58 Å². The van der Waals surface area contributed by atoms with Crippen molar-refractivity contribution in [3.8, 4) is 0 Å². The highest BCUT2D eigenvalue weighted by atomic mass is 15.1. The summed E-state index contributed by atoms with van der Waals surface area (Å²) in [6.07, 6.45) is 22.9. The van der Waals surface area contributed by atoms with Gasteiger partial charge in [-0.05, 0) is 81.2 Å². The van der Waals surface area contributed by atoms with Crippen molar-refractivity contribution in [3.05, 3.63) is 85.6 Å². The van der Waals surface area contributed by atoms with Crippen molar-refractivity contribution in [1.29, 1.82) is 0 Å². The average Bonchev–Trinajstić information content (AvgIpc) is 2.85. The zero-order valence-corrected chi connectivity index (χ0v) is 24.0. The maximum atomic E-state index is 3.85. The molecule has 34 heavy (non-hydrogen) atoms. The molecular formula is C33H55N. The van der Waals surface area contributed by atoms with Gasteiger partial charge >= 0.3 is 0 Å². The third-order valence-corrected chi connectivity index (χ3v) is 6.30. The molecule has 0 unspecified atom stereocenters. The van der Waals surface area contributed by atoms with Crippen LogP contribution in [0.1, 0.15) is 100.0 Å². The van der Waals surface area contributed by atoms with Crippen LogP contribution in [0.2, 0.25) is 0 Å². The van der Waals surface area contributed by atoms with Gasteiger partial charge in [-0.25, -0.2) is 0 Å². The first kappa shape index (κ1) is 33.9. The molecule has 1 heteroatoms. The van der Waals surface area contributed by atoms with E-state index in [0.717, 1.165) is 18.5 Å². The lowest BCUT2D eigenvalue weighted by Gasteiger charge is -2.23. The molecule has 0 saturated heterocycles. The van der Waals surface area contributed by atoms with E-state index in [4.69, 9.17) is 0 Å². The predicted molar refractivity (Wildman–Crippen MR) is 161 cm³/mol. The normalized spacial score (nSPS) is 11.7. The summed E-state index contributed by atoms with van der Waals surface area (Å²) in [5.74, 6) is 0. The van der Waals surface area contributed by atoms with Crippen molar-refractivity contribution in [2.45, 2.75) is 94.4 Å². The molecule has 1 aromatic rings. The Bertz CT molecular complexity index is 729. The zero-order chi connectivity index (χ0) is 26.5. The first-order chi connectivity index (χ1) is 16.1.